The van der Waals surface area contributed by atoms with Crippen LogP contribution in [-0.4, -0.2) is 0 Å². The number of hydrogen-bond donors (Lipinski definition) is 0. The average molecular weight is 1550 g/mol. The van der Waals surface area contributed by atoms with Crippen LogP contribution in [0.4, 0.5) is 34.1 Å². The van der Waals surface area contributed by atoms with Gasteiger partial charge < -0.3 is 31.9 Å². The lowest BCUT2D eigenvalue weighted by molar-refractivity contribution is 0.668. The fourth-order valence-electron chi connectivity index (χ4n) is 17.9. The third-order valence-corrected chi connectivity index (χ3v) is 23.8. The van der Waals surface area contributed by atoms with Crippen molar-refractivity contribution in [1.82, 2.24) is 0 Å². The molecule has 24 aromatic rings. The van der Waals surface area contributed by atoms with Gasteiger partial charge in [0.15, 0.2) is 0 Å². The molecule has 568 valence electrons. The van der Waals surface area contributed by atoms with Crippen LogP contribution in [0, 0.1) is 0 Å². The van der Waals surface area contributed by atoms with Crippen LogP contribution in [0.25, 0.3) is 199 Å². The van der Waals surface area contributed by atoms with E-state index in [-0.39, 0.29) is 0 Å². The Morgan fingerprint density at radius 1 is 0.124 bits per heavy atom. The van der Waals surface area contributed by atoms with Gasteiger partial charge >= 0.3 is 0 Å². The second kappa shape index (κ2) is 29.5. The Morgan fingerprint density at radius 3 is 0.636 bits per heavy atom. The van der Waals surface area contributed by atoms with Gasteiger partial charge in [-0.1, -0.05) is 303 Å². The Bertz CT molecular complexity index is 7600. The highest BCUT2D eigenvalue weighted by atomic mass is 16.3. The highest BCUT2D eigenvalue weighted by Gasteiger charge is 2.23. The highest BCUT2D eigenvalue weighted by Crippen LogP contribution is 2.47. The van der Waals surface area contributed by atoms with Crippen LogP contribution in [0.15, 0.2) is 459 Å². The minimum Gasteiger partial charge on any atom is -0.456 e. The van der Waals surface area contributed by atoms with E-state index in [1.165, 1.54) is 27.8 Å². The average Bonchev–Trinajstić information content (AvgIpc) is 1.58. The molecule has 5 aromatic heterocycles. The first kappa shape index (κ1) is 70.2. The maximum Gasteiger partial charge on any atom is 0.143 e. The van der Waals surface area contributed by atoms with Gasteiger partial charge in [-0.3, -0.25) is 0 Å². The van der Waals surface area contributed by atoms with E-state index in [0.29, 0.717) is 0 Å². The van der Waals surface area contributed by atoms with Gasteiger partial charge in [-0.25, -0.2) is 0 Å². The summed E-state index contributed by atoms with van der Waals surface area (Å²) in [5, 5.41) is 11.2. The molecule has 0 saturated heterocycles. The number of fused-ring (bicyclic) bond motifs is 15. The van der Waals surface area contributed by atoms with Crippen molar-refractivity contribution in [2.75, 3.05) is 9.80 Å². The quantitative estimate of drug-likeness (QED) is 0.107. The van der Waals surface area contributed by atoms with E-state index in [2.05, 4.69) is 386 Å². The first-order valence-electron chi connectivity index (χ1n) is 41.0. The number of nitrogens with zero attached hydrogens (tertiary/aromatic N) is 2. The van der Waals surface area contributed by atoms with E-state index in [4.69, 9.17) is 22.1 Å². The van der Waals surface area contributed by atoms with Gasteiger partial charge in [0.25, 0.3) is 0 Å². The number of rotatable bonds is 14. The molecule has 0 aliphatic carbocycles. The molecule has 0 fully saturated rings. The monoisotopic (exact) mass is 1550 g/mol. The summed E-state index contributed by atoms with van der Waals surface area (Å²) in [7, 11) is 0. The van der Waals surface area contributed by atoms with Gasteiger partial charge in [-0.15, -0.1) is 0 Å². The fourth-order valence-corrected chi connectivity index (χ4v) is 17.9. The Hall–Kier alpha value is -16.2. The molecule has 0 amide bonds. The lowest BCUT2D eigenvalue weighted by atomic mass is 9.93. The van der Waals surface area contributed by atoms with Crippen molar-refractivity contribution in [3.05, 3.63) is 437 Å². The normalized spacial score (nSPS) is 11.6. The van der Waals surface area contributed by atoms with Crippen LogP contribution < -0.4 is 9.80 Å². The summed E-state index contributed by atoms with van der Waals surface area (Å²) in [4.78, 5) is 4.64. The van der Waals surface area contributed by atoms with Crippen molar-refractivity contribution >= 4 is 144 Å². The summed E-state index contributed by atoms with van der Waals surface area (Å²) in [5.41, 5.74) is 33.4. The Balaban J connectivity index is 0.000000141. The van der Waals surface area contributed by atoms with Crippen molar-refractivity contribution < 1.29 is 22.1 Å². The summed E-state index contributed by atoms with van der Waals surface area (Å²) in [5.74, 6) is 0. The molecule has 0 radical (unpaired) electrons. The van der Waals surface area contributed by atoms with E-state index < -0.39 is 0 Å². The van der Waals surface area contributed by atoms with Crippen LogP contribution in [0.3, 0.4) is 0 Å². The Morgan fingerprint density at radius 2 is 0.339 bits per heavy atom. The Labute approximate surface area is 696 Å². The zero-order valence-electron chi connectivity index (χ0n) is 65.5. The van der Waals surface area contributed by atoms with Crippen LogP contribution in [0.1, 0.15) is 0 Å². The molecular formula is C114H72N2O5. The molecule has 24 rings (SSSR count). The molecule has 7 heteroatoms. The van der Waals surface area contributed by atoms with E-state index >= 15 is 0 Å². The van der Waals surface area contributed by atoms with Gasteiger partial charge in [-0.05, 0) is 200 Å². The molecular weight excluding hydrogens is 1480 g/mol. The molecule has 0 N–H and O–H groups in total. The van der Waals surface area contributed by atoms with Gasteiger partial charge in [-0.2, -0.15) is 0 Å². The van der Waals surface area contributed by atoms with Crippen molar-refractivity contribution in [1.29, 1.82) is 0 Å². The molecule has 7 nitrogen and oxygen atoms in total. The number of anilines is 6. The molecule has 0 spiro atoms. The molecule has 0 bridgehead atoms. The van der Waals surface area contributed by atoms with Gasteiger partial charge in [0.1, 0.15) is 55.8 Å². The highest BCUT2D eigenvalue weighted by molar-refractivity contribution is 6.14. The summed E-state index contributed by atoms with van der Waals surface area (Å²) in [6.07, 6.45) is 0. The molecule has 0 aliphatic rings. The Kier molecular flexibility index (Phi) is 17.1. The largest absolute Gasteiger partial charge is 0.456 e. The lowest BCUT2D eigenvalue weighted by Gasteiger charge is -2.26. The van der Waals surface area contributed by atoms with E-state index in [1.54, 1.807) is 0 Å². The van der Waals surface area contributed by atoms with Crippen molar-refractivity contribution in [2.45, 2.75) is 0 Å². The van der Waals surface area contributed by atoms with Gasteiger partial charge in [0.05, 0.1) is 0 Å². The van der Waals surface area contributed by atoms with Crippen molar-refractivity contribution in [2.24, 2.45) is 0 Å². The summed E-state index contributed by atoms with van der Waals surface area (Å²) < 4.78 is 31.8. The molecule has 0 unspecified atom stereocenters. The maximum atomic E-state index is 6.44. The van der Waals surface area contributed by atoms with E-state index in [9.17, 15) is 0 Å². The number of furan rings is 5. The fraction of sp³-hybridized carbons (Fsp3) is 0. The molecule has 0 saturated carbocycles. The maximum absolute atomic E-state index is 6.44. The molecule has 5 heterocycles. The SMILES string of the molecule is c1ccc(-c2cc(-c3ccccc3)cc(-c3ccc(N(c4ccc(-c5ccc6oc7ccccc7c6c5)cc4)c4ccc(-c5cccc6c5oc5ccccc56)cc4)cc3)c2)cc1.c1ccc2c(c1)oc1c(-c3ccc(N(c4ccc(-c5cccc6c5oc5ccccc56)cc4)c4ccc(-c5cccc6c5oc5ccccc56)cc4)cc3)cccc12. The third-order valence-electron chi connectivity index (χ3n) is 23.8. The number of hydrogen-bond acceptors (Lipinski definition) is 7. The van der Waals surface area contributed by atoms with Crippen LogP contribution >= 0.6 is 0 Å². The summed E-state index contributed by atoms with van der Waals surface area (Å²) in [6, 6.07) is 154. The molecule has 19 aromatic carbocycles. The van der Waals surface area contributed by atoms with Crippen LogP contribution in [0.2, 0.25) is 0 Å². The zero-order valence-corrected chi connectivity index (χ0v) is 65.5. The predicted molar refractivity (Wildman–Crippen MR) is 502 cm³/mol. The summed E-state index contributed by atoms with van der Waals surface area (Å²) >= 11 is 0. The third kappa shape index (κ3) is 12.6. The standard InChI is InChI=1S/C60H39NO2.C54H33NO3/c1-3-12-40(13-4-1)46-36-47(41-14-5-2-6-15-41)38-48(37-46)43-24-31-50(32-25-43)61(49-29-22-42(23-30-49)45-28-35-59-56(39-45)54-17-8-9-20-57(54)62-59)51-33-26-44(27-34-51)52-18-11-19-55-53-16-7-10-21-58(53)63-60(52)55;1-4-19-49-43(10-1)46-16-7-13-40(52(46)56-49)34-22-28-37(29-23-34)55(38-30-24-35(25-31-38)41-14-8-17-47-44-11-2-5-20-50(44)57-53(41)47)39-32-26-36(27-33-39)42-15-9-18-48-45-12-3-6-21-51(45)58-54(42)48/h1-39H;1-33H. The van der Waals surface area contributed by atoms with E-state index in [0.717, 1.165) is 205 Å². The van der Waals surface area contributed by atoms with Gasteiger partial charge in [0, 0.05) is 110 Å². The first-order chi connectivity index (χ1) is 59.9. The second-order valence-electron chi connectivity index (χ2n) is 30.9. The van der Waals surface area contributed by atoms with Crippen LogP contribution in [0.5, 0.6) is 0 Å². The van der Waals surface area contributed by atoms with Crippen molar-refractivity contribution in [3.63, 3.8) is 0 Å². The summed E-state index contributed by atoms with van der Waals surface area (Å²) in [6.45, 7) is 0. The smallest absolute Gasteiger partial charge is 0.143 e. The molecule has 121 heavy (non-hydrogen) atoms. The second-order valence-corrected chi connectivity index (χ2v) is 30.9. The predicted octanol–water partition coefficient (Wildman–Crippen LogP) is 33.1. The topological polar surface area (TPSA) is 72.2 Å². The van der Waals surface area contributed by atoms with Crippen molar-refractivity contribution in [3.8, 4) is 89.0 Å². The minimum atomic E-state index is 0.896. The number of para-hydroxylation sites is 9. The molecule has 0 atom stereocenters. The first-order valence-corrected chi connectivity index (χ1v) is 41.0. The lowest BCUT2D eigenvalue weighted by Crippen LogP contribution is -2.09. The minimum absolute atomic E-state index is 0.896. The van der Waals surface area contributed by atoms with E-state index in [1.807, 2.05) is 60.7 Å². The zero-order chi connectivity index (χ0) is 79.9. The van der Waals surface area contributed by atoms with Gasteiger partial charge in [0.2, 0.25) is 0 Å². The number of benzene rings is 19. The van der Waals surface area contributed by atoms with Crippen LogP contribution in [-0.2, 0) is 0 Å². The molecule has 0 aliphatic heterocycles.